The topological polar surface area (TPSA) is 75.1 Å². The molecule has 1 fully saturated rings. The lowest BCUT2D eigenvalue weighted by Gasteiger charge is -2.19. The summed E-state index contributed by atoms with van der Waals surface area (Å²) in [7, 11) is 0. The minimum Gasteiger partial charge on any atom is -0.396 e. The number of nitrogens with zero attached hydrogens (tertiary/aromatic N) is 1. The third kappa shape index (κ3) is 1.92. The van der Waals surface area contributed by atoms with Gasteiger partial charge in [-0.05, 0) is 12.8 Å². The molecule has 2 N–H and O–H groups in total. The predicted octanol–water partition coefficient (Wildman–Crippen LogP) is 0.523. The fraction of sp³-hybridized carbons (Fsp3) is 0.600. The number of aliphatic hydroxyl groups is 1. The van der Waals surface area contributed by atoms with E-state index in [9.17, 15) is 14.7 Å². The van der Waals surface area contributed by atoms with Gasteiger partial charge in [0.25, 0.3) is 5.56 Å². The molecule has 1 aliphatic rings. The molecule has 0 aliphatic heterocycles. The number of H-pyrrole nitrogens is 1. The van der Waals surface area contributed by atoms with Gasteiger partial charge in [0.1, 0.15) is 5.02 Å². The highest BCUT2D eigenvalue weighted by Gasteiger charge is 2.29. The molecule has 2 rings (SSSR count). The highest BCUT2D eigenvalue weighted by Crippen LogP contribution is 2.34. The van der Waals surface area contributed by atoms with E-state index in [0.717, 1.165) is 19.3 Å². The molecule has 1 aromatic heterocycles. The van der Waals surface area contributed by atoms with Crippen LogP contribution in [0.1, 0.15) is 25.3 Å². The average molecular weight is 245 g/mol. The summed E-state index contributed by atoms with van der Waals surface area (Å²) in [5.41, 5.74) is -1.03. The number of rotatable bonds is 2. The highest BCUT2D eigenvalue weighted by molar-refractivity contribution is 6.30. The zero-order chi connectivity index (χ0) is 11.7. The molecule has 1 aromatic rings. The lowest BCUT2D eigenvalue weighted by atomic mass is 10.1. The first-order valence-corrected chi connectivity index (χ1v) is 5.63. The second-order valence-corrected chi connectivity index (χ2v) is 4.49. The summed E-state index contributed by atoms with van der Waals surface area (Å²) in [5.74, 6) is 0.0691. The standard InChI is InChI=1S/C10H13ClN2O3/c11-7-4-13(10(16)12-9(7)15)8-3-1-2-6(8)5-14/h4,6,8,14H,1-3,5H2,(H,12,15,16)/t6-,8-/m0/s1. The van der Waals surface area contributed by atoms with Crippen LogP contribution in [0.25, 0.3) is 0 Å². The highest BCUT2D eigenvalue weighted by atomic mass is 35.5. The largest absolute Gasteiger partial charge is 0.396 e. The van der Waals surface area contributed by atoms with E-state index in [2.05, 4.69) is 4.98 Å². The van der Waals surface area contributed by atoms with Gasteiger partial charge >= 0.3 is 5.69 Å². The summed E-state index contributed by atoms with van der Waals surface area (Å²) < 4.78 is 1.43. The summed E-state index contributed by atoms with van der Waals surface area (Å²) in [6, 6.07) is -0.0631. The fourth-order valence-electron chi connectivity index (χ4n) is 2.30. The van der Waals surface area contributed by atoms with E-state index in [1.54, 1.807) is 0 Å². The van der Waals surface area contributed by atoms with Crippen LogP contribution >= 0.6 is 11.6 Å². The Morgan fingerprint density at radius 2 is 2.25 bits per heavy atom. The molecule has 0 bridgehead atoms. The average Bonchev–Trinajstić information content (AvgIpc) is 2.71. The third-order valence-electron chi connectivity index (χ3n) is 3.14. The molecule has 6 heteroatoms. The van der Waals surface area contributed by atoms with Crippen molar-refractivity contribution in [3.05, 3.63) is 32.1 Å². The van der Waals surface area contributed by atoms with Gasteiger partial charge in [-0.15, -0.1) is 0 Å². The van der Waals surface area contributed by atoms with Crippen molar-refractivity contribution in [1.29, 1.82) is 0 Å². The smallest absolute Gasteiger partial charge is 0.328 e. The second-order valence-electron chi connectivity index (χ2n) is 4.08. The molecular weight excluding hydrogens is 232 g/mol. The molecular formula is C10H13ClN2O3. The van der Waals surface area contributed by atoms with E-state index >= 15 is 0 Å². The van der Waals surface area contributed by atoms with Crippen molar-refractivity contribution in [2.75, 3.05) is 6.61 Å². The maximum absolute atomic E-state index is 11.6. The maximum atomic E-state index is 11.6. The monoisotopic (exact) mass is 244 g/mol. The van der Waals surface area contributed by atoms with E-state index in [-0.39, 0.29) is 23.6 Å². The van der Waals surface area contributed by atoms with E-state index in [4.69, 9.17) is 11.6 Å². The van der Waals surface area contributed by atoms with Crippen molar-refractivity contribution >= 4 is 11.6 Å². The number of hydrogen-bond donors (Lipinski definition) is 2. The Balaban J connectivity index is 2.44. The zero-order valence-electron chi connectivity index (χ0n) is 8.65. The molecule has 0 spiro atoms. The second kappa shape index (κ2) is 4.43. The van der Waals surface area contributed by atoms with Gasteiger partial charge in [0, 0.05) is 24.8 Å². The quantitative estimate of drug-likeness (QED) is 0.797. The first-order chi connectivity index (χ1) is 7.63. The van der Waals surface area contributed by atoms with Crippen LogP contribution in [-0.4, -0.2) is 21.3 Å². The number of aliphatic hydroxyl groups excluding tert-OH is 1. The number of aromatic amines is 1. The van der Waals surface area contributed by atoms with Crippen LogP contribution in [-0.2, 0) is 0 Å². The van der Waals surface area contributed by atoms with Gasteiger partial charge in [0.2, 0.25) is 0 Å². The van der Waals surface area contributed by atoms with Gasteiger partial charge in [-0.3, -0.25) is 14.3 Å². The lowest BCUT2D eigenvalue weighted by molar-refractivity contribution is 0.193. The number of aromatic nitrogens is 2. The Labute approximate surface area is 96.7 Å². The van der Waals surface area contributed by atoms with Crippen LogP contribution in [0.15, 0.2) is 15.8 Å². The van der Waals surface area contributed by atoms with Crippen LogP contribution in [0.4, 0.5) is 0 Å². The minimum absolute atomic E-state index is 0.00295. The van der Waals surface area contributed by atoms with Crippen molar-refractivity contribution in [3.63, 3.8) is 0 Å². The van der Waals surface area contributed by atoms with Gasteiger partial charge in [0.15, 0.2) is 0 Å². The van der Waals surface area contributed by atoms with E-state index in [1.165, 1.54) is 10.8 Å². The lowest BCUT2D eigenvalue weighted by Crippen LogP contribution is -2.34. The van der Waals surface area contributed by atoms with Crippen molar-refractivity contribution in [2.45, 2.75) is 25.3 Å². The third-order valence-corrected chi connectivity index (χ3v) is 3.40. The van der Waals surface area contributed by atoms with Gasteiger partial charge in [0.05, 0.1) is 0 Å². The Bertz CT molecular complexity index is 494. The van der Waals surface area contributed by atoms with Crippen molar-refractivity contribution < 1.29 is 5.11 Å². The number of halogens is 1. The van der Waals surface area contributed by atoms with Gasteiger partial charge in [-0.2, -0.15) is 0 Å². The molecule has 1 saturated carbocycles. The molecule has 0 unspecified atom stereocenters. The molecule has 0 amide bonds. The van der Waals surface area contributed by atoms with Crippen LogP contribution in [0.5, 0.6) is 0 Å². The van der Waals surface area contributed by atoms with Gasteiger partial charge in [-0.25, -0.2) is 4.79 Å². The minimum atomic E-state index is -0.568. The number of hydrogen-bond acceptors (Lipinski definition) is 3. The van der Waals surface area contributed by atoms with Gasteiger partial charge in [-0.1, -0.05) is 18.0 Å². The summed E-state index contributed by atoms with van der Waals surface area (Å²) >= 11 is 5.69. The van der Waals surface area contributed by atoms with Crippen LogP contribution < -0.4 is 11.2 Å². The number of nitrogens with one attached hydrogen (secondary N) is 1. The molecule has 16 heavy (non-hydrogen) atoms. The molecule has 1 aliphatic carbocycles. The summed E-state index contributed by atoms with van der Waals surface area (Å²) in [6.07, 6.45) is 4.05. The molecule has 5 nitrogen and oxygen atoms in total. The maximum Gasteiger partial charge on any atom is 0.328 e. The molecule has 0 saturated heterocycles. The van der Waals surface area contributed by atoms with Crippen molar-refractivity contribution in [3.8, 4) is 0 Å². The Kier molecular flexibility index (Phi) is 3.16. The van der Waals surface area contributed by atoms with E-state index in [1.807, 2.05) is 0 Å². The zero-order valence-corrected chi connectivity index (χ0v) is 9.41. The van der Waals surface area contributed by atoms with Crippen LogP contribution in [0.3, 0.4) is 0 Å². The fourth-order valence-corrected chi connectivity index (χ4v) is 2.46. The first-order valence-electron chi connectivity index (χ1n) is 5.25. The molecule has 1 heterocycles. The normalized spacial score (nSPS) is 24.9. The SMILES string of the molecule is O=c1[nH]c(=O)n([C@H]2CCC[C@H]2CO)cc1Cl. The Hall–Kier alpha value is -1.07. The Morgan fingerprint density at radius 1 is 1.50 bits per heavy atom. The van der Waals surface area contributed by atoms with E-state index < -0.39 is 11.2 Å². The molecule has 0 radical (unpaired) electrons. The van der Waals surface area contributed by atoms with Crippen LogP contribution in [0, 0.1) is 5.92 Å². The summed E-state index contributed by atoms with van der Waals surface area (Å²) in [6.45, 7) is 0.0495. The first kappa shape index (κ1) is 11.4. The molecule has 0 aromatic carbocycles. The molecule has 2 atom stereocenters. The molecule has 88 valence electrons. The van der Waals surface area contributed by atoms with E-state index in [0.29, 0.717) is 0 Å². The van der Waals surface area contributed by atoms with Crippen molar-refractivity contribution in [1.82, 2.24) is 9.55 Å². The Morgan fingerprint density at radius 3 is 2.94 bits per heavy atom. The van der Waals surface area contributed by atoms with Gasteiger partial charge < -0.3 is 5.11 Å². The van der Waals surface area contributed by atoms with Crippen molar-refractivity contribution in [2.24, 2.45) is 5.92 Å². The summed E-state index contributed by atoms with van der Waals surface area (Å²) in [5, 5.41) is 9.20. The summed E-state index contributed by atoms with van der Waals surface area (Å²) in [4.78, 5) is 24.9. The van der Waals surface area contributed by atoms with Crippen LogP contribution in [0.2, 0.25) is 5.02 Å². The predicted molar refractivity (Wildman–Crippen MR) is 59.8 cm³/mol.